The average Bonchev–Trinajstić information content (AvgIpc) is 3.28. The largest absolute Gasteiger partial charge is 0.487 e. The highest BCUT2D eigenvalue weighted by Gasteiger charge is 2.38. The van der Waals surface area contributed by atoms with Gasteiger partial charge in [-0.3, -0.25) is 0 Å². The van der Waals surface area contributed by atoms with Gasteiger partial charge in [-0.25, -0.2) is 4.99 Å². The van der Waals surface area contributed by atoms with Crippen molar-refractivity contribution in [2.75, 3.05) is 6.61 Å². The fraction of sp³-hybridized carbons (Fsp3) is 0.391. The normalized spacial score (nSPS) is 23.0. The maximum absolute atomic E-state index is 9.22. The van der Waals surface area contributed by atoms with Crippen molar-refractivity contribution < 1.29 is 9.47 Å². The molecule has 2 aromatic carbocycles. The molecule has 0 radical (unpaired) electrons. The lowest BCUT2D eigenvalue weighted by Gasteiger charge is -2.30. The molecule has 4 rings (SSSR count). The molecule has 0 amide bonds. The van der Waals surface area contributed by atoms with Crippen LogP contribution in [-0.4, -0.2) is 18.2 Å². The molecule has 2 N–H and O–H groups in total. The highest BCUT2D eigenvalue weighted by atomic mass is 16.5. The maximum atomic E-state index is 9.22. The molecule has 2 aliphatic rings. The van der Waals surface area contributed by atoms with Crippen molar-refractivity contribution >= 4 is 6.02 Å². The van der Waals surface area contributed by atoms with Crippen molar-refractivity contribution in [1.82, 2.24) is 0 Å². The molecule has 1 heterocycles. The van der Waals surface area contributed by atoms with E-state index < -0.39 is 5.54 Å². The zero-order chi connectivity index (χ0) is 19.8. The van der Waals surface area contributed by atoms with Gasteiger partial charge in [0.05, 0.1) is 11.6 Å². The maximum Gasteiger partial charge on any atom is 0.283 e. The van der Waals surface area contributed by atoms with Crippen LogP contribution >= 0.6 is 0 Å². The third-order valence-corrected chi connectivity index (χ3v) is 5.76. The van der Waals surface area contributed by atoms with Gasteiger partial charge in [0.15, 0.2) is 0 Å². The molecule has 1 atom stereocenters. The van der Waals surface area contributed by atoms with Crippen LogP contribution in [0, 0.1) is 11.3 Å². The molecule has 0 aromatic heterocycles. The minimum atomic E-state index is -0.600. The van der Waals surface area contributed by atoms with E-state index in [1.807, 2.05) is 37.3 Å². The number of amidine groups is 1. The number of ether oxygens (including phenoxy) is 2. The van der Waals surface area contributed by atoms with Crippen LogP contribution in [0.3, 0.4) is 0 Å². The van der Waals surface area contributed by atoms with Crippen LogP contribution in [-0.2, 0) is 10.3 Å². The molecular weight excluding hydrogens is 350 g/mol. The van der Waals surface area contributed by atoms with Gasteiger partial charge in [-0.1, -0.05) is 18.2 Å². The minimum Gasteiger partial charge on any atom is -0.487 e. The van der Waals surface area contributed by atoms with Gasteiger partial charge in [-0.15, -0.1) is 0 Å². The second-order valence-electron chi connectivity index (χ2n) is 8.18. The lowest BCUT2D eigenvalue weighted by atomic mass is 9.89. The summed E-state index contributed by atoms with van der Waals surface area (Å²) in [7, 11) is 0. The van der Waals surface area contributed by atoms with Gasteiger partial charge in [0.1, 0.15) is 23.5 Å². The summed E-state index contributed by atoms with van der Waals surface area (Å²) in [4.78, 5) is 4.56. The lowest BCUT2D eigenvalue weighted by molar-refractivity contribution is 0.0931. The molecule has 0 bridgehead atoms. The Hall–Kier alpha value is -3.00. The van der Waals surface area contributed by atoms with Crippen LogP contribution in [0.25, 0.3) is 11.1 Å². The second kappa shape index (κ2) is 6.87. The van der Waals surface area contributed by atoms with E-state index in [9.17, 15) is 5.26 Å². The smallest absolute Gasteiger partial charge is 0.283 e. The first-order valence-corrected chi connectivity index (χ1v) is 9.73. The Morgan fingerprint density at radius 3 is 2.54 bits per heavy atom. The van der Waals surface area contributed by atoms with Crippen molar-refractivity contribution in [1.29, 1.82) is 5.26 Å². The van der Waals surface area contributed by atoms with Gasteiger partial charge < -0.3 is 15.2 Å². The van der Waals surface area contributed by atoms with Crippen LogP contribution in [0.2, 0.25) is 0 Å². The first kappa shape index (κ1) is 18.4. The summed E-state index contributed by atoms with van der Waals surface area (Å²) < 4.78 is 12.0. The highest BCUT2D eigenvalue weighted by Crippen LogP contribution is 2.42. The number of aliphatic imine (C=N–C) groups is 1. The zero-order valence-corrected chi connectivity index (χ0v) is 16.4. The molecule has 1 unspecified atom stereocenters. The summed E-state index contributed by atoms with van der Waals surface area (Å²) in [6, 6.07) is 16.2. The van der Waals surface area contributed by atoms with E-state index in [1.165, 1.54) is 12.8 Å². The molecule has 1 fully saturated rings. The molecule has 1 aliphatic heterocycles. The van der Waals surface area contributed by atoms with E-state index >= 15 is 0 Å². The van der Waals surface area contributed by atoms with Crippen molar-refractivity contribution in [3.05, 3.63) is 53.6 Å². The Labute approximate surface area is 165 Å². The quantitative estimate of drug-likeness (QED) is 0.853. The number of nitrogens with zero attached hydrogens (tertiary/aromatic N) is 2. The number of hydrogen-bond donors (Lipinski definition) is 1. The van der Waals surface area contributed by atoms with E-state index in [2.05, 4.69) is 24.1 Å². The summed E-state index contributed by atoms with van der Waals surface area (Å²) in [5.74, 6) is 0.828. The molecule has 2 aromatic rings. The fourth-order valence-electron chi connectivity index (χ4n) is 4.14. The standard InChI is InChI=1S/C23H25N3O2/c1-22(10-3-4-11-22)28-20-9-8-18(17-7-5-6-16(12-17)14-24)13-19(20)23(2)15-27-21(25)26-23/h5-9,12-13H,3-4,10-11,15H2,1-2H3,(H2,25,26). The van der Waals surface area contributed by atoms with E-state index in [-0.39, 0.29) is 11.6 Å². The Kier molecular flexibility index (Phi) is 4.50. The molecule has 1 aliphatic carbocycles. The molecule has 0 spiro atoms. The Morgan fingerprint density at radius 1 is 1.11 bits per heavy atom. The third-order valence-electron chi connectivity index (χ3n) is 5.76. The first-order chi connectivity index (χ1) is 13.4. The molecule has 28 heavy (non-hydrogen) atoms. The summed E-state index contributed by atoms with van der Waals surface area (Å²) >= 11 is 0. The number of nitriles is 1. The molecule has 144 valence electrons. The van der Waals surface area contributed by atoms with Crippen molar-refractivity contribution in [2.24, 2.45) is 10.7 Å². The van der Waals surface area contributed by atoms with Crippen molar-refractivity contribution in [2.45, 2.75) is 50.7 Å². The zero-order valence-electron chi connectivity index (χ0n) is 16.4. The summed E-state index contributed by atoms with van der Waals surface area (Å²) in [6.07, 6.45) is 4.49. The van der Waals surface area contributed by atoms with Crippen LogP contribution in [0.4, 0.5) is 0 Å². The Bertz CT molecular complexity index is 970. The average molecular weight is 375 g/mol. The second-order valence-corrected chi connectivity index (χ2v) is 8.18. The predicted molar refractivity (Wildman–Crippen MR) is 109 cm³/mol. The topological polar surface area (TPSA) is 80.6 Å². The highest BCUT2D eigenvalue weighted by molar-refractivity contribution is 5.75. The number of benzene rings is 2. The number of rotatable bonds is 4. The van der Waals surface area contributed by atoms with Crippen LogP contribution in [0.5, 0.6) is 5.75 Å². The van der Waals surface area contributed by atoms with Crippen molar-refractivity contribution in [3.63, 3.8) is 0 Å². The SMILES string of the molecule is CC1(Oc2ccc(-c3cccc(C#N)c3)cc2C2(C)COC(N)=N2)CCCC1. The molecule has 5 heteroatoms. The van der Waals surface area contributed by atoms with Gasteiger partial charge in [-0.05, 0) is 74.9 Å². The number of nitrogens with two attached hydrogens (primary N) is 1. The van der Waals surface area contributed by atoms with Gasteiger partial charge in [0, 0.05) is 5.56 Å². The van der Waals surface area contributed by atoms with Crippen LogP contribution < -0.4 is 10.5 Å². The molecular formula is C23H25N3O2. The summed E-state index contributed by atoms with van der Waals surface area (Å²) in [5, 5.41) is 9.22. The minimum absolute atomic E-state index is 0.151. The molecule has 0 saturated heterocycles. The Balaban J connectivity index is 1.79. The van der Waals surface area contributed by atoms with Crippen LogP contribution in [0.15, 0.2) is 47.5 Å². The van der Waals surface area contributed by atoms with Gasteiger partial charge in [0.2, 0.25) is 0 Å². The van der Waals surface area contributed by atoms with E-state index in [4.69, 9.17) is 15.2 Å². The van der Waals surface area contributed by atoms with E-state index in [1.54, 1.807) is 6.07 Å². The monoisotopic (exact) mass is 375 g/mol. The van der Waals surface area contributed by atoms with Gasteiger partial charge >= 0.3 is 0 Å². The van der Waals surface area contributed by atoms with Gasteiger partial charge in [0.25, 0.3) is 6.02 Å². The number of hydrogen-bond acceptors (Lipinski definition) is 5. The van der Waals surface area contributed by atoms with Crippen LogP contribution in [0.1, 0.15) is 50.7 Å². The van der Waals surface area contributed by atoms with E-state index in [0.717, 1.165) is 35.3 Å². The van der Waals surface area contributed by atoms with E-state index in [0.29, 0.717) is 12.2 Å². The van der Waals surface area contributed by atoms with Gasteiger partial charge in [-0.2, -0.15) is 5.26 Å². The summed E-state index contributed by atoms with van der Waals surface area (Å²) in [6.45, 7) is 4.58. The van der Waals surface area contributed by atoms with Crippen molar-refractivity contribution in [3.8, 4) is 22.9 Å². The predicted octanol–water partition coefficient (Wildman–Crippen LogP) is 4.50. The molecule has 5 nitrogen and oxygen atoms in total. The first-order valence-electron chi connectivity index (χ1n) is 9.73. The fourth-order valence-corrected chi connectivity index (χ4v) is 4.14. The summed E-state index contributed by atoms with van der Waals surface area (Å²) in [5.41, 5.74) is 8.67. The molecule has 1 saturated carbocycles. The lowest BCUT2D eigenvalue weighted by Crippen LogP contribution is -2.30. The Morgan fingerprint density at radius 2 is 1.86 bits per heavy atom. The third kappa shape index (κ3) is 3.43.